The SMILES string of the molecule is CCCCN(CCCC)c1ccc(/C=C/c2ccc(N(c3ccccc3)c3ccccc3)cc2)cc1. The van der Waals surface area contributed by atoms with Crippen molar-refractivity contribution in [3.05, 3.63) is 120 Å². The first-order valence-corrected chi connectivity index (χ1v) is 13.3. The first kappa shape index (κ1) is 25.3. The van der Waals surface area contributed by atoms with Crippen LogP contribution in [0.2, 0.25) is 0 Å². The molecule has 4 aromatic rings. The van der Waals surface area contributed by atoms with Crippen LogP contribution in [-0.2, 0) is 0 Å². The molecule has 36 heavy (non-hydrogen) atoms. The van der Waals surface area contributed by atoms with Gasteiger partial charge in [-0.2, -0.15) is 0 Å². The lowest BCUT2D eigenvalue weighted by molar-refractivity contribution is 0.678. The van der Waals surface area contributed by atoms with E-state index in [1.807, 2.05) is 0 Å². The monoisotopic (exact) mass is 474 g/mol. The number of hydrogen-bond donors (Lipinski definition) is 0. The normalized spacial score (nSPS) is 11.1. The van der Waals surface area contributed by atoms with Crippen molar-refractivity contribution in [1.29, 1.82) is 0 Å². The molecule has 0 N–H and O–H groups in total. The van der Waals surface area contributed by atoms with E-state index in [0.717, 1.165) is 30.2 Å². The zero-order valence-electron chi connectivity index (χ0n) is 21.7. The van der Waals surface area contributed by atoms with Crippen LogP contribution in [0.5, 0.6) is 0 Å². The summed E-state index contributed by atoms with van der Waals surface area (Å²) >= 11 is 0. The van der Waals surface area contributed by atoms with E-state index in [9.17, 15) is 0 Å². The van der Waals surface area contributed by atoms with Gasteiger partial charge in [-0.05, 0) is 72.5 Å². The maximum atomic E-state index is 2.53. The molecule has 0 unspecified atom stereocenters. The molecule has 0 aliphatic carbocycles. The zero-order valence-corrected chi connectivity index (χ0v) is 21.7. The number of para-hydroxylation sites is 2. The summed E-state index contributed by atoms with van der Waals surface area (Å²) in [5.74, 6) is 0. The van der Waals surface area contributed by atoms with Gasteiger partial charge in [0, 0.05) is 35.8 Å². The molecule has 0 aromatic heterocycles. The summed E-state index contributed by atoms with van der Waals surface area (Å²) in [6.07, 6.45) is 9.35. The minimum absolute atomic E-state index is 1.14. The molecule has 0 aliphatic rings. The van der Waals surface area contributed by atoms with Gasteiger partial charge in [-0.25, -0.2) is 0 Å². The third kappa shape index (κ3) is 6.88. The Balaban J connectivity index is 1.48. The summed E-state index contributed by atoms with van der Waals surface area (Å²) in [6, 6.07) is 38.8. The Morgan fingerprint density at radius 2 is 0.861 bits per heavy atom. The largest absolute Gasteiger partial charge is 0.372 e. The first-order chi connectivity index (χ1) is 17.8. The van der Waals surface area contributed by atoms with E-state index in [0.29, 0.717) is 0 Å². The molecule has 0 amide bonds. The van der Waals surface area contributed by atoms with Gasteiger partial charge in [-0.15, -0.1) is 0 Å². The van der Waals surface area contributed by atoms with Crippen molar-refractivity contribution in [3.8, 4) is 0 Å². The van der Waals surface area contributed by atoms with E-state index in [2.05, 4.69) is 145 Å². The van der Waals surface area contributed by atoms with Crippen LogP contribution in [0, 0.1) is 0 Å². The van der Waals surface area contributed by atoms with Crippen molar-refractivity contribution in [2.45, 2.75) is 39.5 Å². The molecule has 0 radical (unpaired) electrons. The van der Waals surface area contributed by atoms with Crippen LogP contribution in [0.1, 0.15) is 50.7 Å². The highest BCUT2D eigenvalue weighted by Gasteiger charge is 2.11. The standard InChI is InChI=1S/C34H38N2/c1-3-5-27-35(28-6-4-2)31-23-19-29(20-24-31)17-18-30-21-25-34(26-22-30)36(32-13-9-7-10-14-32)33-15-11-8-12-16-33/h7-26H,3-6,27-28H2,1-2H3/b18-17+. The Kier molecular flexibility index (Phi) is 9.39. The lowest BCUT2D eigenvalue weighted by atomic mass is 10.1. The van der Waals surface area contributed by atoms with Gasteiger partial charge in [-0.3, -0.25) is 0 Å². The molecule has 0 fully saturated rings. The average Bonchev–Trinajstić information content (AvgIpc) is 2.94. The Hall–Kier alpha value is -3.78. The van der Waals surface area contributed by atoms with Crippen LogP contribution in [0.4, 0.5) is 22.7 Å². The summed E-state index contributed by atoms with van der Waals surface area (Å²) < 4.78 is 0. The van der Waals surface area contributed by atoms with Crippen LogP contribution in [-0.4, -0.2) is 13.1 Å². The Morgan fingerprint density at radius 3 is 1.28 bits per heavy atom. The number of hydrogen-bond acceptors (Lipinski definition) is 2. The molecule has 2 heteroatoms. The second-order valence-corrected chi connectivity index (χ2v) is 9.22. The van der Waals surface area contributed by atoms with Crippen molar-refractivity contribution in [2.75, 3.05) is 22.9 Å². The molecular formula is C34H38N2. The molecule has 0 aliphatic heterocycles. The summed E-state index contributed by atoms with van der Waals surface area (Å²) in [5.41, 5.74) is 7.20. The molecule has 184 valence electrons. The maximum absolute atomic E-state index is 2.53. The molecule has 0 saturated heterocycles. The Labute approximate surface area is 217 Å². The molecular weight excluding hydrogens is 436 g/mol. The van der Waals surface area contributed by atoms with Gasteiger partial charge in [0.2, 0.25) is 0 Å². The van der Waals surface area contributed by atoms with Crippen LogP contribution in [0.3, 0.4) is 0 Å². The highest BCUT2D eigenvalue weighted by Crippen LogP contribution is 2.34. The van der Waals surface area contributed by atoms with Gasteiger partial charge in [-0.1, -0.05) is 99.5 Å². The van der Waals surface area contributed by atoms with E-state index in [4.69, 9.17) is 0 Å². The minimum atomic E-state index is 1.14. The van der Waals surface area contributed by atoms with Gasteiger partial charge in [0.15, 0.2) is 0 Å². The second kappa shape index (κ2) is 13.3. The van der Waals surface area contributed by atoms with Crippen LogP contribution in [0.25, 0.3) is 12.2 Å². The quantitative estimate of drug-likeness (QED) is 0.189. The van der Waals surface area contributed by atoms with Gasteiger partial charge >= 0.3 is 0 Å². The Morgan fingerprint density at radius 1 is 0.472 bits per heavy atom. The molecule has 0 spiro atoms. The number of anilines is 4. The van der Waals surface area contributed by atoms with E-state index >= 15 is 0 Å². The zero-order chi connectivity index (χ0) is 25.0. The van der Waals surface area contributed by atoms with Crippen molar-refractivity contribution in [1.82, 2.24) is 0 Å². The summed E-state index contributed by atoms with van der Waals surface area (Å²) in [7, 11) is 0. The van der Waals surface area contributed by atoms with Crippen molar-refractivity contribution >= 4 is 34.9 Å². The fraction of sp³-hybridized carbons (Fsp3) is 0.235. The van der Waals surface area contributed by atoms with Gasteiger partial charge in [0.25, 0.3) is 0 Å². The number of benzene rings is 4. The smallest absolute Gasteiger partial charge is 0.0462 e. The van der Waals surface area contributed by atoms with E-state index in [1.54, 1.807) is 0 Å². The lowest BCUT2D eigenvalue weighted by Gasteiger charge is -2.25. The van der Waals surface area contributed by atoms with Crippen LogP contribution < -0.4 is 9.80 Å². The fourth-order valence-electron chi connectivity index (χ4n) is 4.39. The number of nitrogens with zero attached hydrogens (tertiary/aromatic N) is 2. The van der Waals surface area contributed by atoms with E-state index in [-0.39, 0.29) is 0 Å². The van der Waals surface area contributed by atoms with Crippen molar-refractivity contribution in [3.63, 3.8) is 0 Å². The molecule has 0 atom stereocenters. The fourth-order valence-corrected chi connectivity index (χ4v) is 4.39. The molecule has 0 heterocycles. The second-order valence-electron chi connectivity index (χ2n) is 9.22. The maximum Gasteiger partial charge on any atom is 0.0462 e. The number of unbranched alkanes of at least 4 members (excludes halogenated alkanes) is 2. The van der Waals surface area contributed by atoms with E-state index < -0.39 is 0 Å². The average molecular weight is 475 g/mol. The first-order valence-electron chi connectivity index (χ1n) is 13.3. The topological polar surface area (TPSA) is 6.48 Å². The third-order valence-electron chi connectivity index (χ3n) is 6.47. The summed E-state index contributed by atoms with van der Waals surface area (Å²) in [5, 5.41) is 0. The van der Waals surface area contributed by atoms with E-state index in [1.165, 1.54) is 42.5 Å². The third-order valence-corrected chi connectivity index (χ3v) is 6.47. The lowest BCUT2D eigenvalue weighted by Crippen LogP contribution is -2.25. The van der Waals surface area contributed by atoms with Gasteiger partial charge in [0.05, 0.1) is 0 Å². The highest BCUT2D eigenvalue weighted by molar-refractivity contribution is 5.78. The predicted molar refractivity (Wildman–Crippen MR) is 159 cm³/mol. The van der Waals surface area contributed by atoms with Crippen LogP contribution >= 0.6 is 0 Å². The van der Waals surface area contributed by atoms with Gasteiger partial charge in [0.1, 0.15) is 0 Å². The predicted octanol–water partition coefficient (Wildman–Crippen LogP) is 9.73. The summed E-state index contributed by atoms with van der Waals surface area (Å²) in [6.45, 7) is 6.81. The molecule has 0 bridgehead atoms. The molecule has 2 nitrogen and oxygen atoms in total. The Bertz CT molecular complexity index is 1130. The highest BCUT2D eigenvalue weighted by atomic mass is 15.1. The van der Waals surface area contributed by atoms with Crippen molar-refractivity contribution < 1.29 is 0 Å². The van der Waals surface area contributed by atoms with Crippen LogP contribution in [0.15, 0.2) is 109 Å². The molecule has 4 aromatic carbocycles. The van der Waals surface area contributed by atoms with Crippen molar-refractivity contribution in [2.24, 2.45) is 0 Å². The minimum Gasteiger partial charge on any atom is -0.372 e. The van der Waals surface area contributed by atoms with Gasteiger partial charge < -0.3 is 9.80 Å². The molecule has 0 saturated carbocycles. The molecule has 4 rings (SSSR count). The number of rotatable bonds is 12. The summed E-state index contributed by atoms with van der Waals surface area (Å²) in [4.78, 5) is 4.82.